The van der Waals surface area contributed by atoms with Crippen molar-refractivity contribution >= 4 is 0 Å². The van der Waals surface area contributed by atoms with Crippen LogP contribution in [0.4, 0.5) is 0 Å². The molecule has 1 atom stereocenters. The van der Waals surface area contributed by atoms with Gasteiger partial charge in [0.15, 0.2) is 12.4 Å². The fourth-order valence-electron chi connectivity index (χ4n) is 2.43. The summed E-state index contributed by atoms with van der Waals surface area (Å²) in [6, 6.07) is 5.76. The molecule has 2 aromatic rings. The van der Waals surface area contributed by atoms with Crippen LogP contribution in [-0.4, -0.2) is 15.2 Å². The zero-order chi connectivity index (χ0) is 14.1. The first-order valence-electron chi connectivity index (χ1n) is 6.90. The first-order valence-corrected chi connectivity index (χ1v) is 6.90. The highest BCUT2D eigenvalue weighted by molar-refractivity contribution is 5.44. The Morgan fingerprint density at radius 2 is 2.30 bits per heavy atom. The number of aliphatic hydroxyl groups excluding tert-OH is 1. The van der Waals surface area contributed by atoms with Gasteiger partial charge in [-0.1, -0.05) is 31.1 Å². The van der Waals surface area contributed by atoms with E-state index in [-0.39, 0.29) is 18.6 Å². The van der Waals surface area contributed by atoms with Crippen LogP contribution in [0.3, 0.4) is 0 Å². The first-order chi connectivity index (χ1) is 9.65. The fourth-order valence-corrected chi connectivity index (χ4v) is 2.43. The van der Waals surface area contributed by atoms with E-state index >= 15 is 0 Å². The molecule has 0 saturated carbocycles. The molecule has 0 spiro atoms. The highest BCUT2D eigenvalue weighted by Crippen LogP contribution is 2.36. The smallest absolute Gasteiger partial charge is 0.264 e. The fraction of sp³-hybridized carbons (Fsp3) is 0.467. The summed E-state index contributed by atoms with van der Waals surface area (Å²) in [5.74, 6) is 2.20. The topological polar surface area (TPSA) is 68.4 Å². The third kappa shape index (κ3) is 2.41. The van der Waals surface area contributed by atoms with Crippen molar-refractivity contribution in [1.29, 1.82) is 0 Å². The molecule has 1 aliphatic rings. The van der Waals surface area contributed by atoms with Crippen molar-refractivity contribution in [3.63, 3.8) is 0 Å². The molecule has 0 bridgehead atoms. The molecular weight excluding hydrogens is 256 g/mol. The number of aromatic nitrogens is 2. The second-order valence-corrected chi connectivity index (χ2v) is 5.37. The Hall–Kier alpha value is -1.88. The molecule has 5 nitrogen and oxygen atoms in total. The van der Waals surface area contributed by atoms with Crippen molar-refractivity contribution in [1.82, 2.24) is 10.1 Å². The highest BCUT2D eigenvalue weighted by Gasteiger charge is 2.23. The number of hydrogen-bond donors (Lipinski definition) is 1. The molecule has 1 unspecified atom stereocenters. The van der Waals surface area contributed by atoms with Crippen molar-refractivity contribution < 1.29 is 14.4 Å². The molecular formula is C15H18N2O3. The Morgan fingerprint density at radius 3 is 3.05 bits per heavy atom. The van der Waals surface area contributed by atoms with E-state index in [1.165, 1.54) is 0 Å². The van der Waals surface area contributed by atoms with Gasteiger partial charge in [-0.2, -0.15) is 4.98 Å². The SMILES string of the molecule is CC(C)c1noc(COc2cccc3c2CCC3O)n1. The van der Waals surface area contributed by atoms with Crippen molar-refractivity contribution in [2.24, 2.45) is 0 Å². The lowest BCUT2D eigenvalue weighted by Crippen LogP contribution is -2.00. The number of rotatable bonds is 4. The van der Waals surface area contributed by atoms with E-state index in [2.05, 4.69) is 10.1 Å². The molecule has 3 rings (SSSR count). The van der Waals surface area contributed by atoms with Crippen molar-refractivity contribution in [3.05, 3.63) is 41.0 Å². The normalized spacial score (nSPS) is 17.5. The third-order valence-electron chi connectivity index (χ3n) is 3.55. The summed E-state index contributed by atoms with van der Waals surface area (Å²) in [4.78, 5) is 4.28. The predicted molar refractivity (Wildman–Crippen MR) is 72.4 cm³/mol. The largest absolute Gasteiger partial charge is 0.483 e. The lowest BCUT2D eigenvalue weighted by atomic mass is 10.1. The average molecular weight is 274 g/mol. The van der Waals surface area contributed by atoms with Gasteiger partial charge in [0.25, 0.3) is 5.89 Å². The van der Waals surface area contributed by atoms with Crippen LogP contribution in [0.25, 0.3) is 0 Å². The monoisotopic (exact) mass is 274 g/mol. The van der Waals surface area contributed by atoms with Crippen LogP contribution in [-0.2, 0) is 13.0 Å². The number of fused-ring (bicyclic) bond motifs is 1. The van der Waals surface area contributed by atoms with E-state index in [0.29, 0.717) is 11.7 Å². The minimum absolute atomic E-state index is 0.239. The van der Waals surface area contributed by atoms with Crippen molar-refractivity contribution in [2.45, 2.75) is 45.3 Å². The van der Waals surface area contributed by atoms with E-state index in [1.54, 1.807) is 0 Å². The summed E-state index contributed by atoms with van der Waals surface area (Å²) in [6.07, 6.45) is 1.23. The van der Waals surface area contributed by atoms with E-state index < -0.39 is 0 Å². The minimum atomic E-state index is -0.371. The molecule has 1 aliphatic carbocycles. The number of aliphatic hydroxyl groups is 1. The second kappa shape index (κ2) is 5.25. The zero-order valence-corrected chi connectivity index (χ0v) is 11.7. The maximum atomic E-state index is 9.86. The Morgan fingerprint density at radius 1 is 1.45 bits per heavy atom. The molecule has 1 N–H and O–H groups in total. The van der Waals surface area contributed by atoms with Gasteiger partial charge in [0.2, 0.25) is 0 Å². The van der Waals surface area contributed by atoms with E-state index in [4.69, 9.17) is 9.26 Å². The highest BCUT2D eigenvalue weighted by atomic mass is 16.5. The lowest BCUT2D eigenvalue weighted by Gasteiger charge is -2.09. The van der Waals surface area contributed by atoms with Crippen LogP contribution in [0.1, 0.15) is 55.1 Å². The van der Waals surface area contributed by atoms with Gasteiger partial charge >= 0.3 is 0 Å². The molecule has 5 heteroatoms. The minimum Gasteiger partial charge on any atom is -0.483 e. The maximum Gasteiger partial charge on any atom is 0.264 e. The quantitative estimate of drug-likeness (QED) is 0.928. The lowest BCUT2D eigenvalue weighted by molar-refractivity contribution is 0.180. The number of ether oxygens (including phenoxy) is 1. The third-order valence-corrected chi connectivity index (χ3v) is 3.55. The summed E-state index contributed by atoms with van der Waals surface area (Å²) in [5.41, 5.74) is 2.06. The molecule has 1 aromatic heterocycles. The Labute approximate surface area is 117 Å². The summed E-state index contributed by atoms with van der Waals surface area (Å²) in [6.45, 7) is 4.29. The van der Waals surface area contributed by atoms with E-state index in [0.717, 1.165) is 29.7 Å². The summed E-state index contributed by atoms with van der Waals surface area (Å²) in [7, 11) is 0. The number of nitrogens with zero attached hydrogens (tertiary/aromatic N) is 2. The van der Waals surface area contributed by atoms with Crippen molar-refractivity contribution in [3.8, 4) is 5.75 Å². The molecule has 0 radical (unpaired) electrons. The van der Waals surface area contributed by atoms with Gasteiger partial charge < -0.3 is 14.4 Å². The molecule has 106 valence electrons. The molecule has 20 heavy (non-hydrogen) atoms. The van der Waals surface area contributed by atoms with Crippen LogP contribution in [0.5, 0.6) is 5.75 Å². The van der Waals surface area contributed by atoms with Crippen LogP contribution in [0.15, 0.2) is 22.7 Å². The molecule has 1 heterocycles. The molecule has 0 saturated heterocycles. The summed E-state index contributed by atoms with van der Waals surface area (Å²) in [5, 5.41) is 13.8. The van der Waals surface area contributed by atoms with E-state index in [1.807, 2.05) is 32.0 Å². The Bertz CT molecular complexity index is 607. The standard InChI is InChI=1S/C15H18N2O3/c1-9(2)15-16-14(20-17-15)8-19-13-5-3-4-10-11(13)6-7-12(10)18/h3-5,9,12,18H,6-8H2,1-2H3. The predicted octanol–water partition coefficient (Wildman–Crippen LogP) is 2.75. The van der Waals surface area contributed by atoms with Crippen LogP contribution in [0, 0.1) is 0 Å². The van der Waals surface area contributed by atoms with E-state index in [9.17, 15) is 5.11 Å². The maximum absolute atomic E-state index is 9.86. The summed E-state index contributed by atoms with van der Waals surface area (Å²) >= 11 is 0. The molecule has 0 amide bonds. The zero-order valence-electron chi connectivity index (χ0n) is 11.7. The first kappa shape index (κ1) is 13.1. The average Bonchev–Trinajstić information content (AvgIpc) is 3.04. The Balaban J connectivity index is 1.73. The van der Waals surface area contributed by atoms with Gasteiger partial charge in [0.1, 0.15) is 5.75 Å². The molecule has 0 fully saturated rings. The van der Waals surface area contributed by atoms with Crippen molar-refractivity contribution in [2.75, 3.05) is 0 Å². The second-order valence-electron chi connectivity index (χ2n) is 5.37. The van der Waals surface area contributed by atoms with Gasteiger partial charge in [0, 0.05) is 11.5 Å². The van der Waals surface area contributed by atoms with Crippen LogP contribution < -0.4 is 4.74 Å². The van der Waals surface area contributed by atoms with Gasteiger partial charge in [-0.05, 0) is 24.5 Å². The summed E-state index contributed by atoms with van der Waals surface area (Å²) < 4.78 is 10.9. The van der Waals surface area contributed by atoms with Crippen LogP contribution in [0.2, 0.25) is 0 Å². The van der Waals surface area contributed by atoms with Crippen LogP contribution >= 0.6 is 0 Å². The molecule has 1 aromatic carbocycles. The van der Waals surface area contributed by atoms with Gasteiger partial charge in [-0.3, -0.25) is 0 Å². The van der Waals surface area contributed by atoms with Gasteiger partial charge in [-0.25, -0.2) is 0 Å². The molecule has 0 aliphatic heterocycles. The van der Waals surface area contributed by atoms with Gasteiger partial charge in [0.05, 0.1) is 6.10 Å². The van der Waals surface area contributed by atoms with Gasteiger partial charge in [-0.15, -0.1) is 0 Å². The number of benzene rings is 1. The number of hydrogen-bond acceptors (Lipinski definition) is 5. The Kier molecular flexibility index (Phi) is 3.44.